The molecule has 5 nitrogen and oxygen atoms in total. The predicted octanol–water partition coefficient (Wildman–Crippen LogP) is 7.94. The van der Waals surface area contributed by atoms with E-state index in [1.54, 1.807) is 12.1 Å². The number of hydrogen-bond acceptors (Lipinski definition) is 4. The summed E-state index contributed by atoms with van der Waals surface area (Å²) in [5.41, 5.74) is 0.567. The number of alkyl halides is 3. The minimum Gasteiger partial charge on any atom is -0.298 e. The Labute approximate surface area is 255 Å². The van der Waals surface area contributed by atoms with E-state index in [4.69, 9.17) is 0 Å². The Morgan fingerprint density at radius 2 is 1.73 bits per heavy atom. The smallest absolute Gasteiger partial charge is 0.298 e. The predicted molar refractivity (Wildman–Crippen MR) is 153 cm³/mol. The highest BCUT2D eigenvalue weighted by Gasteiger charge is 2.54. The van der Waals surface area contributed by atoms with E-state index in [2.05, 4.69) is 10.1 Å². The van der Waals surface area contributed by atoms with E-state index in [-0.39, 0.29) is 29.5 Å². The van der Waals surface area contributed by atoms with Crippen LogP contribution in [0, 0.1) is 17.5 Å². The van der Waals surface area contributed by atoms with Crippen LogP contribution < -0.4 is 0 Å². The molecular formula is C34H29F6N3O2. The number of halogens is 6. The average Bonchev–Trinajstić information content (AvgIpc) is 3.62. The monoisotopic (exact) mass is 625 g/mol. The zero-order valence-corrected chi connectivity index (χ0v) is 24.4. The van der Waals surface area contributed by atoms with Crippen molar-refractivity contribution in [1.29, 1.82) is 0 Å². The van der Waals surface area contributed by atoms with Gasteiger partial charge in [0.1, 0.15) is 17.5 Å². The fraction of sp³-hybridized carbons (Fsp3) is 0.353. The van der Waals surface area contributed by atoms with Gasteiger partial charge in [-0.05, 0) is 92.3 Å². The summed E-state index contributed by atoms with van der Waals surface area (Å²) in [6.07, 6.45) is -0.381. The topological polar surface area (TPSA) is 64.8 Å². The zero-order valence-electron chi connectivity index (χ0n) is 24.4. The maximum absolute atomic E-state index is 14.4. The van der Waals surface area contributed by atoms with Crippen LogP contribution in [0.2, 0.25) is 0 Å². The molecule has 1 atom stereocenters. The first-order valence-corrected chi connectivity index (χ1v) is 14.7. The molecule has 1 fully saturated rings. The van der Waals surface area contributed by atoms with Gasteiger partial charge in [-0.2, -0.15) is 18.3 Å². The molecule has 2 aliphatic rings. The number of carbonyl (C=O) groups excluding carboxylic acids is 2. The third-order valence-electron chi connectivity index (χ3n) is 8.87. The molecule has 0 N–H and O–H groups in total. The number of hydrogen-bond donors (Lipinski definition) is 0. The van der Waals surface area contributed by atoms with Crippen LogP contribution in [0.15, 0.2) is 54.7 Å². The largest absolute Gasteiger partial charge is 0.435 e. The Bertz CT molecular complexity index is 1790. The summed E-state index contributed by atoms with van der Waals surface area (Å²) in [5, 5.41) is 3.91. The van der Waals surface area contributed by atoms with Crippen LogP contribution in [0.1, 0.15) is 83.5 Å². The molecule has 234 valence electrons. The van der Waals surface area contributed by atoms with Gasteiger partial charge in [-0.3, -0.25) is 19.3 Å². The first-order chi connectivity index (χ1) is 21.3. The summed E-state index contributed by atoms with van der Waals surface area (Å²) in [7, 11) is 0. The van der Waals surface area contributed by atoms with Gasteiger partial charge in [0.15, 0.2) is 17.3 Å². The van der Waals surface area contributed by atoms with Crippen molar-refractivity contribution in [2.45, 2.75) is 75.9 Å². The first kappa shape index (κ1) is 30.7. The molecular weight excluding hydrogens is 596 g/mol. The van der Waals surface area contributed by atoms with E-state index in [1.165, 1.54) is 29.9 Å². The number of nitrogens with zero attached hydrogens (tertiary/aromatic N) is 3. The second-order valence-electron chi connectivity index (χ2n) is 12.1. The maximum Gasteiger partial charge on any atom is 0.435 e. The highest BCUT2D eigenvalue weighted by molar-refractivity contribution is 5.95. The standard InChI is InChI=1S/C34H29F6N3O2/c1-19(44)27-16-21(6-7-28(27)37)26-4-3-11-41-31(26)22(12-20-13-23(35)17-24(36)14-20)15-25(45)18-43-29-5-2-8-33(9-10-33)30(29)32(42-43)34(38,39)40/h3-4,6-7,11,13-14,16-17,22H,2,5,8-10,12,15,18H2,1H3/t22-/m1/s1. The molecule has 0 radical (unpaired) electrons. The third-order valence-corrected chi connectivity index (χ3v) is 8.87. The maximum atomic E-state index is 14.4. The number of aromatic nitrogens is 3. The van der Waals surface area contributed by atoms with Crippen molar-refractivity contribution in [3.8, 4) is 11.1 Å². The number of benzene rings is 2. The molecule has 2 aromatic carbocycles. The first-order valence-electron chi connectivity index (χ1n) is 14.7. The van der Waals surface area contributed by atoms with Gasteiger partial charge in [0.05, 0.1) is 17.8 Å². The number of rotatable bonds is 9. The number of pyridine rings is 1. The van der Waals surface area contributed by atoms with Gasteiger partial charge in [0, 0.05) is 41.4 Å². The molecule has 0 amide bonds. The van der Waals surface area contributed by atoms with Gasteiger partial charge in [0.25, 0.3) is 0 Å². The van der Waals surface area contributed by atoms with Gasteiger partial charge in [-0.15, -0.1) is 0 Å². The summed E-state index contributed by atoms with van der Waals surface area (Å²) in [5.74, 6) is -4.02. The van der Waals surface area contributed by atoms with E-state index >= 15 is 0 Å². The minimum absolute atomic E-state index is 0.0285. The summed E-state index contributed by atoms with van der Waals surface area (Å²) in [4.78, 5) is 30.2. The number of Topliss-reactive ketones (excluding diaryl/α,β-unsaturated/α-hetero) is 2. The van der Waals surface area contributed by atoms with E-state index in [1.807, 2.05) is 0 Å². The van der Waals surface area contributed by atoms with Crippen molar-refractivity contribution in [3.63, 3.8) is 0 Å². The number of carbonyl (C=O) groups is 2. The molecule has 0 unspecified atom stereocenters. The van der Waals surface area contributed by atoms with Crippen molar-refractivity contribution in [3.05, 3.63) is 106 Å². The number of ketones is 2. The lowest BCUT2D eigenvalue weighted by atomic mass is 9.82. The van der Waals surface area contributed by atoms with Crippen LogP contribution in [0.3, 0.4) is 0 Å². The van der Waals surface area contributed by atoms with Crippen molar-refractivity contribution in [2.75, 3.05) is 0 Å². The van der Waals surface area contributed by atoms with Gasteiger partial charge >= 0.3 is 6.18 Å². The Kier molecular flexibility index (Phi) is 7.91. The highest BCUT2D eigenvalue weighted by atomic mass is 19.4. The number of fused-ring (bicyclic) bond motifs is 2. The minimum atomic E-state index is -4.66. The molecule has 11 heteroatoms. The highest BCUT2D eigenvalue weighted by Crippen LogP contribution is 2.58. The Morgan fingerprint density at radius 3 is 2.40 bits per heavy atom. The van der Waals surface area contributed by atoms with Crippen molar-refractivity contribution in [1.82, 2.24) is 14.8 Å². The zero-order chi connectivity index (χ0) is 32.1. The molecule has 0 aliphatic heterocycles. The molecule has 2 aromatic heterocycles. The van der Waals surface area contributed by atoms with Crippen LogP contribution in [0.25, 0.3) is 11.1 Å². The second-order valence-corrected chi connectivity index (χ2v) is 12.1. The fourth-order valence-electron chi connectivity index (χ4n) is 6.74. The molecule has 0 bridgehead atoms. The van der Waals surface area contributed by atoms with E-state index < -0.39 is 58.8 Å². The molecule has 2 heterocycles. The summed E-state index contributed by atoms with van der Waals surface area (Å²) in [6, 6.07) is 10.3. The molecule has 45 heavy (non-hydrogen) atoms. The normalized spacial score (nSPS) is 16.0. The lowest BCUT2D eigenvalue weighted by molar-refractivity contribution is -0.142. The third kappa shape index (κ3) is 6.17. The molecule has 2 aliphatic carbocycles. The van der Waals surface area contributed by atoms with Gasteiger partial charge in [-0.25, -0.2) is 13.2 Å². The Balaban J connectivity index is 1.37. The summed E-state index contributed by atoms with van der Waals surface area (Å²) >= 11 is 0. The summed E-state index contributed by atoms with van der Waals surface area (Å²) < 4.78 is 86.1. The van der Waals surface area contributed by atoms with Gasteiger partial charge in [0.2, 0.25) is 0 Å². The van der Waals surface area contributed by atoms with Crippen LogP contribution >= 0.6 is 0 Å². The van der Waals surface area contributed by atoms with Gasteiger partial charge < -0.3 is 0 Å². The van der Waals surface area contributed by atoms with Gasteiger partial charge in [-0.1, -0.05) is 12.1 Å². The molecule has 6 rings (SSSR count). The lowest BCUT2D eigenvalue weighted by Gasteiger charge is -2.24. The molecule has 0 saturated heterocycles. The van der Waals surface area contributed by atoms with Crippen LogP contribution in [-0.2, 0) is 35.8 Å². The van der Waals surface area contributed by atoms with Crippen LogP contribution in [0.4, 0.5) is 26.3 Å². The molecule has 1 spiro atoms. The van der Waals surface area contributed by atoms with E-state index in [0.29, 0.717) is 54.6 Å². The van der Waals surface area contributed by atoms with Crippen LogP contribution in [-0.4, -0.2) is 26.3 Å². The quantitative estimate of drug-likeness (QED) is 0.140. The van der Waals surface area contributed by atoms with Crippen LogP contribution in [0.5, 0.6) is 0 Å². The van der Waals surface area contributed by atoms with E-state index in [9.17, 15) is 35.9 Å². The molecule has 4 aromatic rings. The van der Waals surface area contributed by atoms with E-state index in [0.717, 1.165) is 24.3 Å². The Hall–Kier alpha value is -4.28. The average molecular weight is 626 g/mol. The molecule has 1 saturated carbocycles. The SMILES string of the molecule is CC(=O)c1cc(-c2cccnc2[C@@H](CC(=O)Cn2nc(C(F)(F)F)c3c2CCCC32CC2)Cc2cc(F)cc(F)c2)ccc1F. The van der Waals surface area contributed by atoms with Crippen molar-refractivity contribution in [2.24, 2.45) is 0 Å². The van der Waals surface area contributed by atoms with Crippen molar-refractivity contribution < 1.29 is 35.9 Å². The van der Waals surface area contributed by atoms with Crippen molar-refractivity contribution >= 4 is 11.6 Å². The Morgan fingerprint density at radius 1 is 1.00 bits per heavy atom. The summed E-state index contributed by atoms with van der Waals surface area (Å²) in [6.45, 7) is 0.825. The second kappa shape index (κ2) is 11.6. The fourth-order valence-corrected chi connectivity index (χ4v) is 6.74. The lowest BCUT2D eigenvalue weighted by Crippen LogP contribution is -2.22.